The van der Waals surface area contributed by atoms with E-state index in [-0.39, 0.29) is 11.9 Å². The highest BCUT2D eigenvalue weighted by Crippen LogP contribution is 2.19. The Morgan fingerprint density at radius 3 is 2.70 bits per heavy atom. The molecule has 6 nitrogen and oxygen atoms in total. The van der Waals surface area contributed by atoms with Crippen molar-refractivity contribution >= 4 is 17.6 Å². The zero-order valence-corrected chi connectivity index (χ0v) is 15.8. The number of fused-ring (bicyclic) bond motifs is 1. The first kappa shape index (κ1) is 18.8. The number of benzene rings is 2. The molecule has 6 heteroatoms. The van der Waals surface area contributed by atoms with E-state index in [1.807, 2.05) is 29.2 Å². The molecule has 0 aromatic heterocycles. The Bertz CT molecular complexity index is 822. The van der Waals surface area contributed by atoms with Gasteiger partial charge in [-0.3, -0.25) is 4.79 Å². The summed E-state index contributed by atoms with van der Waals surface area (Å²) in [6.45, 7) is 1.75. The molecule has 0 radical (unpaired) electrons. The fourth-order valence-corrected chi connectivity index (χ4v) is 3.15. The molecule has 0 saturated carbocycles. The molecule has 0 aliphatic carbocycles. The molecule has 1 N–H and O–H groups in total. The summed E-state index contributed by atoms with van der Waals surface area (Å²) in [5.41, 5.74) is 3.18. The van der Waals surface area contributed by atoms with E-state index >= 15 is 0 Å². The van der Waals surface area contributed by atoms with Gasteiger partial charge in [-0.2, -0.15) is 0 Å². The summed E-state index contributed by atoms with van der Waals surface area (Å²) >= 11 is 0. The van der Waals surface area contributed by atoms with Crippen LogP contribution in [0, 0.1) is 0 Å². The first-order valence-corrected chi connectivity index (χ1v) is 9.07. The van der Waals surface area contributed by atoms with Gasteiger partial charge in [-0.15, -0.1) is 0 Å². The van der Waals surface area contributed by atoms with Gasteiger partial charge in [-0.1, -0.05) is 30.3 Å². The maximum atomic E-state index is 12.5. The molecular formula is C21H25N3O3. The predicted molar refractivity (Wildman–Crippen MR) is 105 cm³/mol. The van der Waals surface area contributed by atoms with Gasteiger partial charge < -0.3 is 19.9 Å². The summed E-state index contributed by atoms with van der Waals surface area (Å²) in [7, 11) is 3.27. The van der Waals surface area contributed by atoms with Crippen LogP contribution in [0.1, 0.15) is 17.5 Å². The average molecular weight is 367 g/mol. The molecule has 27 heavy (non-hydrogen) atoms. The number of rotatable bonds is 5. The number of amides is 3. The van der Waals surface area contributed by atoms with Gasteiger partial charge in [-0.05, 0) is 29.7 Å². The fourth-order valence-electron chi connectivity index (χ4n) is 3.15. The Morgan fingerprint density at radius 2 is 1.93 bits per heavy atom. The SMILES string of the molecule is COc1cccc(NC(=O)N(C)CCC(=O)N2CCc3ccccc3C2)c1. The number of carbonyl (C=O) groups is 2. The minimum atomic E-state index is -0.250. The number of nitrogens with one attached hydrogen (secondary N) is 1. The van der Waals surface area contributed by atoms with Crippen LogP contribution in [0.5, 0.6) is 5.75 Å². The van der Waals surface area contributed by atoms with E-state index in [2.05, 4.69) is 17.4 Å². The number of hydrogen-bond acceptors (Lipinski definition) is 3. The molecule has 1 aliphatic heterocycles. The lowest BCUT2D eigenvalue weighted by atomic mass is 10.00. The minimum absolute atomic E-state index is 0.0746. The summed E-state index contributed by atoms with van der Waals surface area (Å²) in [6, 6.07) is 15.2. The first-order chi connectivity index (χ1) is 13.1. The molecule has 1 heterocycles. The van der Waals surface area contributed by atoms with Gasteiger partial charge in [0.15, 0.2) is 0 Å². The second-order valence-corrected chi connectivity index (χ2v) is 6.67. The van der Waals surface area contributed by atoms with Crippen molar-refractivity contribution in [1.29, 1.82) is 0 Å². The molecule has 0 unspecified atom stereocenters. The molecular weight excluding hydrogens is 342 g/mol. The van der Waals surface area contributed by atoms with Crippen LogP contribution in [0.3, 0.4) is 0 Å². The van der Waals surface area contributed by atoms with Crippen LogP contribution in [0.2, 0.25) is 0 Å². The summed E-state index contributed by atoms with van der Waals surface area (Å²) in [5, 5.41) is 2.81. The number of carbonyl (C=O) groups excluding carboxylic acids is 2. The van der Waals surface area contributed by atoms with Gasteiger partial charge >= 0.3 is 6.03 Å². The molecule has 0 atom stereocenters. The Balaban J connectivity index is 1.49. The van der Waals surface area contributed by atoms with Crippen molar-refractivity contribution in [3.05, 3.63) is 59.7 Å². The van der Waals surface area contributed by atoms with E-state index in [9.17, 15) is 9.59 Å². The molecule has 0 fully saturated rings. The Labute approximate surface area is 159 Å². The van der Waals surface area contributed by atoms with Crippen LogP contribution in [0.15, 0.2) is 48.5 Å². The smallest absolute Gasteiger partial charge is 0.321 e. The van der Waals surface area contributed by atoms with Crippen molar-refractivity contribution in [3.63, 3.8) is 0 Å². The van der Waals surface area contributed by atoms with Gasteiger partial charge in [0.25, 0.3) is 0 Å². The Hall–Kier alpha value is -3.02. The second-order valence-electron chi connectivity index (χ2n) is 6.67. The number of nitrogens with zero attached hydrogens (tertiary/aromatic N) is 2. The third-order valence-electron chi connectivity index (χ3n) is 4.81. The number of anilines is 1. The van der Waals surface area contributed by atoms with Crippen LogP contribution in [-0.2, 0) is 17.8 Å². The van der Waals surface area contributed by atoms with Crippen LogP contribution < -0.4 is 10.1 Å². The highest BCUT2D eigenvalue weighted by Gasteiger charge is 2.21. The van der Waals surface area contributed by atoms with E-state index in [1.165, 1.54) is 16.0 Å². The topological polar surface area (TPSA) is 61.9 Å². The van der Waals surface area contributed by atoms with Crippen molar-refractivity contribution in [2.45, 2.75) is 19.4 Å². The van der Waals surface area contributed by atoms with E-state index in [0.29, 0.717) is 30.9 Å². The van der Waals surface area contributed by atoms with E-state index in [4.69, 9.17) is 4.74 Å². The highest BCUT2D eigenvalue weighted by molar-refractivity contribution is 5.89. The van der Waals surface area contributed by atoms with Crippen molar-refractivity contribution in [2.24, 2.45) is 0 Å². The molecule has 0 saturated heterocycles. The van der Waals surface area contributed by atoms with Gasteiger partial charge in [-0.25, -0.2) is 4.79 Å². The minimum Gasteiger partial charge on any atom is -0.497 e. The summed E-state index contributed by atoms with van der Waals surface area (Å²) < 4.78 is 5.15. The van der Waals surface area contributed by atoms with Crippen LogP contribution in [-0.4, -0.2) is 49.0 Å². The van der Waals surface area contributed by atoms with Crippen LogP contribution in [0.25, 0.3) is 0 Å². The lowest BCUT2D eigenvalue weighted by molar-refractivity contribution is -0.132. The number of methoxy groups -OCH3 is 1. The second kappa shape index (κ2) is 8.58. The number of ether oxygens (including phenoxy) is 1. The van der Waals surface area contributed by atoms with Gasteiger partial charge in [0.2, 0.25) is 5.91 Å². The first-order valence-electron chi connectivity index (χ1n) is 9.07. The third kappa shape index (κ3) is 4.78. The summed E-state index contributed by atoms with van der Waals surface area (Å²) in [4.78, 5) is 28.2. The normalized spacial score (nSPS) is 12.9. The lowest BCUT2D eigenvalue weighted by Crippen LogP contribution is -2.39. The fraction of sp³-hybridized carbons (Fsp3) is 0.333. The third-order valence-corrected chi connectivity index (χ3v) is 4.81. The quantitative estimate of drug-likeness (QED) is 0.883. The van der Waals surface area contributed by atoms with Gasteiger partial charge in [0.05, 0.1) is 7.11 Å². The lowest BCUT2D eigenvalue weighted by Gasteiger charge is -2.29. The van der Waals surface area contributed by atoms with E-state index in [1.54, 1.807) is 26.3 Å². The van der Waals surface area contributed by atoms with Crippen molar-refractivity contribution < 1.29 is 14.3 Å². The van der Waals surface area contributed by atoms with Gasteiger partial charge in [0, 0.05) is 44.9 Å². The molecule has 3 rings (SSSR count). The summed E-state index contributed by atoms with van der Waals surface area (Å²) in [6.07, 6.45) is 1.19. The zero-order chi connectivity index (χ0) is 19.2. The predicted octanol–water partition coefficient (Wildman–Crippen LogP) is 3.13. The maximum absolute atomic E-state index is 12.5. The molecule has 3 amide bonds. The van der Waals surface area contributed by atoms with Crippen molar-refractivity contribution in [2.75, 3.05) is 32.6 Å². The van der Waals surface area contributed by atoms with Gasteiger partial charge in [0.1, 0.15) is 5.75 Å². The monoisotopic (exact) mass is 367 g/mol. The Kier molecular flexibility index (Phi) is 5.96. The standard InChI is InChI=1S/C21H25N3O3/c1-23(21(26)22-18-8-5-9-19(14-18)27-2)12-11-20(25)24-13-10-16-6-3-4-7-17(16)15-24/h3-9,14H,10-13,15H2,1-2H3,(H,22,26). The Morgan fingerprint density at radius 1 is 1.15 bits per heavy atom. The van der Waals surface area contributed by atoms with E-state index < -0.39 is 0 Å². The molecule has 0 bridgehead atoms. The maximum Gasteiger partial charge on any atom is 0.321 e. The number of urea groups is 1. The molecule has 2 aromatic rings. The average Bonchev–Trinajstić information content (AvgIpc) is 2.71. The van der Waals surface area contributed by atoms with Crippen LogP contribution in [0.4, 0.5) is 10.5 Å². The van der Waals surface area contributed by atoms with E-state index in [0.717, 1.165) is 13.0 Å². The molecule has 142 valence electrons. The van der Waals surface area contributed by atoms with Crippen LogP contribution >= 0.6 is 0 Å². The highest BCUT2D eigenvalue weighted by atomic mass is 16.5. The van der Waals surface area contributed by atoms with Crippen molar-refractivity contribution in [1.82, 2.24) is 9.80 Å². The van der Waals surface area contributed by atoms with Crippen molar-refractivity contribution in [3.8, 4) is 5.75 Å². The summed E-state index contributed by atoms with van der Waals surface area (Å²) in [5.74, 6) is 0.751. The molecule has 2 aromatic carbocycles. The zero-order valence-electron chi connectivity index (χ0n) is 15.8. The molecule has 0 spiro atoms. The molecule has 1 aliphatic rings. The number of hydrogen-bond donors (Lipinski definition) is 1. The largest absolute Gasteiger partial charge is 0.497 e.